The van der Waals surface area contributed by atoms with Crippen LogP contribution in [0.15, 0.2) is 41.6 Å². The molecule has 2 aromatic carbocycles. The van der Waals surface area contributed by atoms with Crippen LogP contribution in [-0.2, 0) is 19.4 Å². The van der Waals surface area contributed by atoms with Crippen LogP contribution in [0.2, 0.25) is 5.02 Å². The van der Waals surface area contributed by atoms with Gasteiger partial charge in [0.1, 0.15) is 12.4 Å². The van der Waals surface area contributed by atoms with Crippen LogP contribution in [0.1, 0.15) is 17.0 Å². The van der Waals surface area contributed by atoms with Gasteiger partial charge in [-0.2, -0.15) is 0 Å². The summed E-state index contributed by atoms with van der Waals surface area (Å²) >= 11 is 7.50. The molecule has 0 amide bonds. The van der Waals surface area contributed by atoms with Gasteiger partial charge in [-0.05, 0) is 54.4 Å². The number of hydrogen-bond donors (Lipinski definition) is 0. The van der Waals surface area contributed by atoms with Gasteiger partial charge in [-0.3, -0.25) is 0 Å². The summed E-state index contributed by atoms with van der Waals surface area (Å²) in [5, 5.41) is 10.0. The minimum Gasteiger partial charge on any atom is -0.493 e. The van der Waals surface area contributed by atoms with Crippen molar-refractivity contribution in [2.24, 2.45) is 7.05 Å². The topological polar surface area (TPSA) is 58.4 Å². The lowest BCUT2D eigenvalue weighted by Crippen LogP contribution is -2.04. The molecule has 3 aromatic rings. The second-order valence-electron chi connectivity index (χ2n) is 6.12. The molecule has 28 heavy (non-hydrogen) atoms. The zero-order valence-corrected chi connectivity index (χ0v) is 17.8. The van der Waals surface area contributed by atoms with Gasteiger partial charge in [0.15, 0.2) is 22.5 Å². The van der Waals surface area contributed by atoms with E-state index in [0.29, 0.717) is 11.6 Å². The highest BCUT2D eigenvalue weighted by atomic mass is 35.5. The first-order chi connectivity index (χ1) is 13.5. The Balaban J connectivity index is 1.65. The van der Waals surface area contributed by atoms with Gasteiger partial charge >= 0.3 is 0 Å². The normalized spacial score (nSPS) is 10.8. The fourth-order valence-corrected chi connectivity index (χ4v) is 3.71. The predicted octanol–water partition coefficient (Wildman–Crippen LogP) is 4.67. The van der Waals surface area contributed by atoms with Crippen molar-refractivity contribution in [3.8, 4) is 17.2 Å². The van der Waals surface area contributed by atoms with E-state index in [9.17, 15) is 0 Å². The average Bonchev–Trinajstić information content (AvgIpc) is 3.06. The van der Waals surface area contributed by atoms with Crippen molar-refractivity contribution in [3.05, 3.63) is 58.4 Å². The predicted molar refractivity (Wildman–Crippen MR) is 111 cm³/mol. The van der Waals surface area contributed by atoms with Crippen LogP contribution in [-0.4, -0.2) is 29.0 Å². The summed E-state index contributed by atoms with van der Waals surface area (Å²) < 4.78 is 18.4. The van der Waals surface area contributed by atoms with Gasteiger partial charge in [0.05, 0.1) is 14.2 Å². The van der Waals surface area contributed by atoms with E-state index in [0.717, 1.165) is 45.1 Å². The third-order valence-corrected chi connectivity index (χ3v) is 5.63. The molecule has 0 spiro atoms. The summed E-state index contributed by atoms with van der Waals surface area (Å²) in [6.45, 7) is 2.39. The molecule has 1 heterocycles. The highest BCUT2D eigenvalue weighted by Crippen LogP contribution is 2.33. The smallest absolute Gasteiger partial charge is 0.191 e. The lowest BCUT2D eigenvalue weighted by molar-refractivity contribution is 0.290. The number of nitrogens with zero attached hydrogens (tertiary/aromatic N) is 3. The number of benzene rings is 2. The summed E-state index contributed by atoms with van der Waals surface area (Å²) in [4.78, 5) is 0. The van der Waals surface area contributed by atoms with Gasteiger partial charge in [0.25, 0.3) is 0 Å². The van der Waals surface area contributed by atoms with Crippen LogP contribution in [0, 0.1) is 6.92 Å². The molecule has 0 aliphatic rings. The van der Waals surface area contributed by atoms with E-state index in [2.05, 4.69) is 17.1 Å². The largest absolute Gasteiger partial charge is 0.493 e. The SMILES string of the molecule is COc1cc(C)c(CSc2nnc(COc3ccc(Cl)cc3)n2C)cc1OC. The third-order valence-electron chi connectivity index (χ3n) is 4.31. The van der Waals surface area contributed by atoms with E-state index >= 15 is 0 Å². The van der Waals surface area contributed by atoms with Crippen LogP contribution >= 0.6 is 23.4 Å². The van der Waals surface area contributed by atoms with Gasteiger partial charge in [-0.1, -0.05) is 23.4 Å². The first kappa shape index (κ1) is 20.4. The summed E-state index contributed by atoms with van der Waals surface area (Å²) in [6, 6.07) is 11.2. The van der Waals surface area contributed by atoms with E-state index in [4.69, 9.17) is 25.8 Å². The maximum atomic E-state index is 5.89. The first-order valence-electron chi connectivity index (χ1n) is 8.62. The van der Waals surface area contributed by atoms with Gasteiger partial charge in [0, 0.05) is 17.8 Å². The van der Waals surface area contributed by atoms with E-state index in [1.165, 1.54) is 0 Å². The Morgan fingerprint density at radius 3 is 2.39 bits per heavy atom. The Labute approximate surface area is 173 Å². The Bertz CT molecular complexity index is 945. The second kappa shape index (κ2) is 9.21. The van der Waals surface area contributed by atoms with Gasteiger partial charge in [-0.25, -0.2) is 0 Å². The van der Waals surface area contributed by atoms with Crippen LogP contribution in [0.5, 0.6) is 17.2 Å². The van der Waals surface area contributed by atoms with E-state index in [1.807, 2.05) is 35.9 Å². The summed E-state index contributed by atoms with van der Waals surface area (Å²) in [6.07, 6.45) is 0. The van der Waals surface area contributed by atoms with Crippen LogP contribution in [0.25, 0.3) is 0 Å². The van der Waals surface area contributed by atoms with Crippen molar-refractivity contribution < 1.29 is 14.2 Å². The quantitative estimate of drug-likeness (QED) is 0.495. The van der Waals surface area contributed by atoms with E-state index < -0.39 is 0 Å². The van der Waals surface area contributed by atoms with Crippen molar-refractivity contribution in [1.29, 1.82) is 0 Å². The maximum Gasteiger partial charge on any atom is 0.191 e. The highest BCUT2D eigenvalue weighted by Gasteiger charge is 2.13. The Morgan fingerprint density at radius 1 is 1.04 bits per heavy atom. The number of rotatable bonds is 8. The molecule has 0 N–H and O–H groups in total. The number of methoxy groups -OCH3 is 2. The van der Waals surface area contributed by atoms with Gasteiger partial charge in [0.2, 0.25) is 0 Å². The molecule has 0 aliphatic carbocycles. The number of hydrogen-bond acceptors (Lipinski definition) is 6. The minimum absolute atomic E-state index is 0.334. The molecule has 0 atom stereocenters. The Kier molecular flexibility index (Phi) is 6.70. The van der Waals surface area contributed by atoms with Crippen molar-refractivity contribution in [2.75, 3.05) is 14.2 Å². The highest BCUT2D eigenvalue weighted by molar-refractivity contribution is 7.98. The monoisotopic (exact) mass is 419 g/mol. The van der Waals surface area contributed by atoms with Crippen molar-refractivity contribution in [3.63, 3.8) is 0 Å². The zero-order valence-electron chi connectivity index (χ0n) is 16.2. The lowest BCUT2D eigenvalue weighted by atomic mass is 10.1. The number of thioether (sulfide) groups is 1. The molecule has 3 rings (SSSR count). The number of ether oxygens (including phenoxy) is 3. The molecule has 0 radical (unpaired) electrons. The fraction of sp³-hybridized carbons (Fsp3) is 0.300. The maximum absolute atomic E-state index is 5.89. The van der Waals surface area contributed by atoms with Crippen LogP contribution < -0.4 is 14.2 Å². The van der Waals surface area contributed by atoms with Gasteiger partial charge in [-0.15, -0.1) is 10.2 Å². The van der Waals surface area contributed by atoms with Crippen molar-refractivity contribution in [1.82, 2.24) is 14.8 Å². The molecular weight excluding hydrogens is 398 g/mol. The molecule has 0 fully saturated rings. The molecule has 0 saturated heterocycles. The molecule has 0 aliphatic heterocycles. The molecular formula is C20H22ClN3O3S. The Hall–Kier alpha value is -2.38. The molecule has 1 aromatic heterocycles. The molecule has 0 saturated carbocycles. The summed E-state index contributed by atoms with van der Waals surface area (Å²) in [5.41, 5.74) is 2.29. The standard InChI is InChI=1S/C20H22ClN3O3S/c1-13-9-17(25-3)18(26-4)10-14(13)12-28-20-23-22-19(24(20)2)11-27-16-7-5-15(21)6-8-16/h5-10H,11-12H2,1-4H3. The van der Waals surface area contributed by atoms with Crippen molar-refractivity contribution >= 4 is 23.4 Å². The van der Waals surface area contributed by atoms with Crippen LogP contribution in [0.4, 0.5) is 0 Å². The van der Waals surface area contributed by atoms with E-state index in [-0.39, 0.29) is 0 Å². The second-order valence-corrected chi connectivity index (χ2v) is 7.50. The molecule has 0 bridgehead atoms. The van der Waals surface area contributed by atoms with Crippen LogP contribution in [0.3, 0.4) is 0 Å². The number of aromatic nitrogens is 3. The Morgan fingerprint density at radius 2 is 1.71 bits per heavy atom. The average molecular weight is 420 g/mol. The fourth-order valence-electron chi connectivity index (χ4n) is 2.60. The molecule has 6 nitrogen and oxygen atoms in total. The summed E-state index contributed by atoms with van der Waals surface area (Å²) in [5.74, 6) is 3.69. The van der Waals surface area contributed by atoms with Crippen molar-refractivity contribution in [2.45, 2.75) is 24.4 Å². The number of aryl methyl sites for hydroxylation is 1. The zero-order chi connectivity index (χ0) is 20.1. The number of halogens is 1. The lowest BCUT2D eigenvalue weighted by Gasteiger charge is -2.12. The third kappa shape index (κ3) is 4.72. The summed E-state index contributed by atoms with van der Waals surface area (Å²) in [7, 11) is 5.21. The minimum atomic E-state index is 0.334. The van der Waals surface area contributed by atoms with E-state index in [1.54, 1.807) is 38.1 Å². The molecule has 8 heteroatoms. The first-order valence-corrected chi connectivity index (χ1v) is 9.99. The van der Waals surface area contributed by atoms with Gasteiger partial charge < -0.3 is 18.8 Å². The molecule has 0 unspecified atom stereocenters. The molecule has 148 valence electrons.